The van der Waals surface area contributed by atoms with Crippen molar-refractivity contribution in [2.45, 2.75) is 38.9 Å². The van der Waals surface area contributed by atoms with Crippen molar-refractivity contribution in [3.8, 4) is 5.75 Å². The molecule has 98 valence electrons. The summed E-state index contributed by atoms with van der Waals surface area (Å²) in [6.07, 6.45) is 0. The predicted molar refractivity (Wildman–Crippen MR) is 68.7 cm³/mol. The van der Waals surface area contributed by atoms with Crippen molar-refractivity contribution < 1.29 is 18.4 Å². The lowest BCUT2D eigenvalue weighted by atomic mass is 9.78. The number of methoxy groups -OCH3 is 1. The van der Waals surface area contributed by atoms with Crippen LogP contribution in [0.2, 0.25) is 0 Å². The van der Waals surface area contributed by atoms with E-state index in [0.29, 0.717) is 11.2 Å². The van der Waals surface area contributed by atoms with Crippen LogP contribution < -0.4 is 10.2 Å². The molecule has 0 unspecified atom stereocenters. The first-order valence-electron chi connectivity index (χ1n) is 5.96. The normalized spacial score (nSPS) is 21.1. The van der Waals surface area contributed by atoms with Crippen LogP contribution in [0.3, 0.4) is 0 Å². The van der Waals surface area contributed by atoms with Crippen LogP contribution in [-0.4, -0.2) is 25.4 Å². The quantitative estimate of drug-likeness (QED) is 0.754. The maximum atomic E-state index is 13.8. The third kappa shape index (κ3) is 2.13. The van der Waals surface area contributed by atoms with Gasteiger partial charge in [0.25, 0.3) is 0 Å². The summed E-state index contributed by atoms with van der Waals surface area (Å²) in [6, 6.07) is 4.54. The zero-order valence-corrected chi connectivity index (χ0v) is 11.4. The second-order valence-corrected chi connectivity index (χ2v) is 5.48. The Bertz CT molecular complexity index is 444. The summed E-state index contributed by atoms with van der Waals surface area (Å²) in [7, 11) is 0.839. The monoisotopic (exact) mass is 252 g/mol. The van der Waals surface area contributed by atoms with Crippen LogP contribution in [0.1, 0.15) is 27.7 Å². The Morgan fingerprint density at radius 1 is 1.11 bits per heavy atom. The van der Waals surface area contributed by atoms with Gasteiger partial charge in [-0.1, -0.05) is 0 Å². The van der Waals surface area contributed by atoms with Gasteiger partial charge in [0.1, 0.15) is 11.6 Å². The Kier molecular flexibility index (Phi) is 3.15. The van der Waals surface area contributed by atoms with Crippen molar-refractivity contribution in [3.05, 3.63) is 24.0 Å². The molecule has 18 heavy (non-hydrogen) atoms. The average molecular weight is 252 g/mol. The summed E-state index contributed by atoms with van der Waals surface area (Å²) in [5, 5.41) is 0. The molecule has 0 bridgehead atoms. The highest BCUT2D eigenvalue weighted by Gasteiger charge is 2.52. The third-order valence-corrected chi connectivity index (χ3v) is 3.71. The fourth-order valence-electron chi connectivity index (χ4n) is 1.80. The van der Waals surface area contributed by atoms with E-state index in [1.165, 1.54) is 6.07 Å². The Hall–Kier alpha value is -1.07. The van der Waals surface area contributed by atoms with Crippen molar-refractivity contribution in [1.82, 2.24) is 0 Å². The third-order valence-electron chi connectivity index (χ3n) is 3.71. The van der Waals surface area contributed by atoms with Gasteiger partial charge < -0.3 is 14.0 Å². The standard InChI is InChI=1S/C13H18BFO3/c1-12(2)13(3,4)18-14(17-12)10-8-9(16-5)6-7-11(10)15/h6-8H,1-5H3. The van der Waals surface area contributed by atoms with Crippen LogP contribution in [0.5, 0.6) is 5.75 Å². The number of benzene rings is 1. The van der Waals surface area contributed by atoms with E-state index < -0.39 is 18.3 Å². The van der Waals surface area contributed by atoms with E-state index >= 15 is 0 Å². The molecule has 3 nitrogen and oxygen atoms in total. The molecule has 1 aliphatic rings. The van der Waals surface area contributed by atoms with Gasteiger partial charge in [0.2, 0.25) is 0 Å². The van der Waals surface area contributed by atoms with Crippen molar-refractivity contribution >= 4 is 12.6 Å². The Morgan fingerprint density at radius 2 is 1.67 bits per heavy atom. The largest absolute Gasteiger partial charge is 0.497 e. The highest BCUT2D eigenvalue weighted by Crippen LogP contribution is 2.36. The first kappa shape index (κ1) is 13.4. The van der Waals surface area contributed by atoms with Gasteiger partial charge in [0.05, 0.1) is 18.3 Å². The molecule has 0 N–H and O–H groups in total. The van der Waals surface area contributed by atoms with Gasteiger partial charge in [-0.2, -0.15) is 0 Å². The van der Waals surface area contributed by atoms with Gasteiger partial charge in [-0.25, -0.2) is 4.39 Å². The van der Waals surface area contributed by atoms with E-state index in [-0.39, 0.29) is 5.82 Å². The number of hydrogen-bond donors (Lipinski definition) is 0. The lowest BCUT2D eigenvalue weighted by Crippen LogP contribution is -2.41. The Balaban J connectivity index is 2.34. The first-order valence-corrected chi connectivity index (χ1v) is 5.96. The molecule has 1 heterocycles. The van der Waals surface area contributed by atoms with E-state index in [9.17, 15) is 4.39 Å². The molecule has 0 atom stereocenters. The summed E-state index contributed by atoms with van der Waals surface area (Å²) in [6.45, 7) is 7.74. The topological polar surface area (TPSA) is 27.7 Å². The van der Waals surface area contributed by atoms with E-state index in [1.54, 1.807) is 19.2 Å². The van der Waals surface area contributed by atoms with Crippen LogP contribution in [0.25, 0.3) is 0 Å². The maximum absolute atomic E-state index is 13.8. The Labute approximate surface area is 107 Å². The van der Waals surface area contributed by atoms with Gasteiger partial charge in [-0.15, -0.1) is 0 Å². The molecule has 1 saturated heterocycles. The fourth-order valence-corrected chi connectivity index (χ4v) is 1.80. The molecule has 1 aromatic rings. The Morgan fingerprint density at radius 3 is 2.17 bits per heavy atom. The SMILES string of the molecule is COc1ccc(F)c(B2OC(C)(C)C(C)(C)O2)c1. The average Bonchev–Trinajstić information content (AvgIpc) is 2.48. The lowest BCUT2D eigenvalue weighted by molar-refractivity contribution is 0.00578. The molecule has 5 heteroatoms. The second-order valence-electron chi connectivity index (χ2n) is 5.48. The van der Waals surface area contributed by atoms with Crippen molar-refractivity contribution in [2.75, 3.05) is 7.11 Å². The minimum atomic E-state index is -0.704. The van der Waals surface area contributed by atoms with E-state index in [4.69, 9.17) is 14.0 Å². The molecule has 0 spiro atoms. The van der Waals surface area contributed by atoms with E-state index in [1.807, 2.05) is 27.7 Å². The molecule has 0 amide bonds. The number of ether oxygens (including phenoxy) is 1. The van der Waals surface area contributed by atoms with Crippen LogP contribution in [0.4, 0.5) is 4.39 Å². The van der Waals surface area contributed by atoms with Crippen LogP contribution in [-0.2, 0) is 9.31 Å². The highest BCUT2D eigenvalue weighted by atomic mass is 19.1. The van der Waals surface area contributed by atoms with Gasteiger partial charge in [-0.05, 0) is 45.9 Å². The lowest BCUT2D eigenvalue weighted by Gasteiger charge is -2.32. The molecular weight excluding hydrogens is 234 g/mol. The predicted octanol–water partition coefficient (Wildman–Crippen LogP) is 2.13. The molecular formula is C13H18BFO3. The first-order chi connectivity index (χ1) is 8.27. The van der Waals surface area contributed by atoms with Crippen LogP contribution >= 0.6 is 0 Å². The molecule has 2 rings (SSSR count). The van der Waals surface area contributed by atoms with E-state index in [2.05, 4.69) is 0 Å². The molecule has 0 saturated carbocycles. The minimum Gasteiger partial charge on any atom is -0.497 e. The fraction of sp³-hybridized carbons (Fsp3) is 0.538. The van der Waals surface area contributed by atoms with Crippen LogP contribution in [0.15, 0.2) is 18.2 Å². The van der Waals surface area contributed by atoms with Crippen molar-refractivity contribution in [3.63, 3.8) is 0 Å². The van der Waals surface area contributed by atoms with Gasteiger partial charge in [0.15, 0.2) is 0 Å². The summed E-state index contributed by atoms with van der Waals surface area (Å²) in [5.74, 6) is 0.232. The number of hydrogen-bond acceptors (Lipinski definition) is 3. The van der Waals surface area contributed by atoms with Gasteiger partial charge >= 0.3 is 7.12 Å². The number of rotatable bonds is 2. The molecule has 0 aromatic heterocycles. The summed E-state index contributed by atoms with van der Waals surface area (Å²) in [4.78, 5) is 0. The molecule has 1 fully saturated rings. The second kappa shape index (κ2) is 4.25. The molecule has 0 aliphatic carbocycles. The van der Waals surface area contributed by atoms with Crippen molar-refractivity contribution in [2.24, 2.45) is 0 Å². The van der Waals surface area contributed by atoms with Gasteiger partial charge in [0, 0.05) is 5.46 Å². The van der Waals surface area contributed by atoms with Crippen LogP contribution in [0, 0.1) is 5.82 Å². The molecule has 0 radical (unpaired) electrons. The summed E-state index contributed by atoms with van der Waals surface area (Å²) in [5.41, 5.74) is -0.589. The minimum absolute atomic E-state index is 0.353. The molecule has 1 aromatic carbocycles. The summed E-state index contributed by atoms with van der Waals surface area (Å²) < 4.78 is 30.6. The number of halogens is 1. The smallest absolute Gasteiger partial charge is 0.497 e. The molecule has 1 aliphatic heterocycles. The zero-order chi connectivity index (χ0) is 13.6. The van der Waals surface area contributed by atoms with Gasteiger partial charge in [-0.3, -0.25) is 0 Å². The van der Waals surface area contributed by atoms with Crippen molar-refractivity contribution in [1.29, 1.82) is 0 Å². The highest BCUT2D eigenvalue weighted by molar-refractivity contribution is 6.62. The van der Waals surface area contributed by atoms with E-state index in [0.717, 1.165) is 0 Å². The maximum Gasteiger partial charge on any atom is 0.497 e. The summed E-state index contributed by atoms with van der Waals surface area (Å²) >= 11 is 0. The zero-order valence-electron chi connectivity index (χ0n) is 11.4.